The number of anilines is 1. The third-order valence-electron chi connectivity index (χ3n) is 5.78. The van der Waals surface area contributed by atoms with Crippen LogP contribution in [-0.4, -0.2) is 47.0 Å². The molecule has 1 saturated carbocycles. The Balaban J connectivity index is 1.46. The van der Waals surface area contributed by atoms with Gasteiger partial charge in [0.25, 0.3) is 0 Å². The minimum absolute atomic E-state index is 0.0400. The van der Waals surface area contributed by atoms with E-state index in [1.54, 1.807) is 0 Å². The number of rotatable bonds is 2. The Kier molecular flexibility index (Phi) is 4.37. The molecule has 2 aromatic rings. The summed E-state index contributed by atoms with van der Waals surface area (Å²) in [5, 5.41) is 8.65. The zero-order chi connectivity index (χ0) is 17.4. The second kappa shape index (κ2) is 6.67. The molecule has 0 unspecified atom stereocenters. The number of ether oxygens (including phenoxy) is 1. The maximum atomic E-state index is 12.7. The number of hydrogen-bond donors (Lipinski definition) is 1. The number of carbonyl (C=O) groups excluding carboxylic acids is 1. The summed E-state index contributed by atoms with van der Waals surface area (Å²) < 4.78 is 7.60. The maximum absolute atomic E-state index is 12.7. The first kappa shape index (κ1) is 16.4. The quantitative estimate of drug-likeness (QED) is 0.912. The summed E-state index contributed by atoms with van der Waals surface area (Å²) in [4.78, 5) is 14.6. The third kappa shape index (κ3) is 3.23. The van der Waals surface area contributed by atoms with Gasteiger partial charge in [-0.25, -0.2) is 4.79 Å². The molecule has 2 heterocycles. The van der Waals surface area contributed by atoms with E-state index in [1.807, 2.05) is 41.8 Å². The van der Waals surface area contributed by atoms with Crippen molar-refractivity contribution in [1.29, 1.82) is 0 Å². The molecule has 4 rings (SSSR count). The van der Waals surface area contributed by atoms with E-state index in [-0.39, 0.29) is 6.03 Å². The number of urea groups is 1. The van der Waals surface area contributed by atoms with Crippen LogP contribution in [0.15, 0.2) is 18.2 Å². The number of aryl methyl sites for hydroxylation is 2. The van der Waals surface area contributed by atoms with Crippen molar-refractivity contribution in [3.8, 4) is 0 Å². The lowest BCUT2D eigenvalue weighted by Gasteiger charge is -2.34. The lowest BCUT2D eigenvalue weighted by Crippen LogP contribution is -2.41. The van der Waals surface area contributed by atoms with E-state index in [1.165, 1.54) is 19.3 Å². The molecule has 25 heavy (non-hydrogen) atoms. The average molecular weight is 342 g/mol. The van der Waals surface area contributed by atoms with E-state index >= 15 is 0 Å². The van der Waals surface area contributed by atoms with Gasteiger partial charge in [0, 0.05) is 42.8 Å². The van der Waals surface area contributed by atoms with Gasteiger partial charge in [-0.05, 0) is 31.0 Å². The van der Waals surface area contributed by atoms with Gasteiger partial charge in [0.2, 0.25) is 0 Å². The van der Waals surface area contributed by atoms with Crippen LogP contribution < -0.4 is 5.32 Å². The molecule has 1 aliphatic carbocycles. The fourth-order valence-electron chi connectivity index (χ4n) is 3.83. The molecule has 1 atom stereocenters. The molecule has 0 bridgehead atoms. The van der Waals surface area contributed by atoms with E-state index in [0.29, 0.717) is 19.1 Å². The number of amides is 2. The Morgan fingerprint density at radius 2 is 2.16 bits per heavy atom. The minimum Gasteiger partial charge on any atom is -0.379 e. The summed E-state index contributed by atoms with van der Waals surface area (Å²) in [6, 6.07) is 5.88. The van der Waals surface area contributed by atoms with Gasteiger partial charge in [-0.15, -0.1) is 0 Å². The predicted octanol–water partition coefficient (Wildman–Crippen LogP) is 3.16. The molecule has 6 heteroatoms. The summed E-state index contributed by atoms with van der Waals surface area (Å²) in [7, 11) is 1.94. The Morgan fingerprint density at radius 1 is 1.32 bits per heavy atom. The zero-order valence-corrected chi connectivity index (χ0v) is 15.0. The van der Waals surface area contributed by atoms with E-state index < -0.39 is 0 Å². The van der Waals surface area contributed by atoms with Crippen molar-refractivity contribution >= 4 is 22.6 Å². The Bertz CT molecular complexity index is 781. The van der Waals surface area contributed by atoms with Gasteiger partial charge >= 0.3 is 6.03 Å². The summed E-state index contributed by atoms with van der Waals surface area (Å²) in [6.07, 6.45) is 3.87. The summed E-state index contributed by atoms with van der Waals surface area (Å²) in [5.74, 6) is 1.20. The average Bonchev–Trinajstić information content (AvgIpc) is 2.72. The molecule has 6 nitrogen and oxygen atoms in total. The number of benzene rings is 1. The molecule has 1 aromatic heterocycles. The van der Waals surface area contributed by atoms with Crippen molar-refractivity contribution in [3.05, 3.63) is 23.9 Å². The van der Waals surface area contributed by atoms with Crippen molar-refractivity contribution in [2.24, 2.45) is 18.9 Å². The smallest absolute Gasteiger partial charge is 0.321 e. The zero-order valence-electron chi connectivity index (χ0n) is 15.0. The maximum Gasteiger partial charge on any atom is 0.321 e. The molecule has 0 spiro atoms. The van der Waals surface area contributed by atoms with Crippen LogP contribution in [0.4, 0.5) is 10.5 Å². The monoisotopic (exact) mass is 342 g/mol. The van der Waals surface area contributed by atoms with E-state index in [2.05, 4.69) is 10.4 Å². The van der Waals surface area contributed by atoms with E-state index in [4.69, 9.17) is 4.74 Å². The molecule has 0 radical (unpaired) electrons. The summed E-state index contributed by atoms with van der Waals surface area (Å²) in [6.45, 7) is 4.90. The molecule has 2 amide bonds. The van der Waals surface area contributed by atoms with Gasteiger partial charge in [-0.1, -0.05) is 19.3 Å². The summed E-state index contributed by atoms with van der Waals surface area (Å²) in [5.41, 5.74) is 2.83. The number of nitrogens with one attached hydrogen (secondary N) is 1. The van der Waals surface area contributed by atoms with Crippen LogP contribution in [0, 0.1) is 18.8 Å². The van der Waals surface area contributed by atoms with Gasteiger partial charge < -0.3 is 15.0 Å². The first-order chi connectivity index (χ1) is 12.1. The highest BCUT2D eigenvalue weighted by molar-refractivity contribution is 5.93. The highest BCUT2D eigenvalue weighted by Crippen LogP contribution is 2.34. The third-order valence-corrected chi connectivity index (χ3v) is 5.78. The predicted molar refractivity (Wildman–Crippen MR) is 97.7 cm³/mol. The highest BCUT2D eigenvalue weighted by Gasteiger charge is 2.31. The number of fused-ring (bicyclic) bond motifs is 1. The number of aromatic nitrogens is 2. The van der Waals surface area contributed by atoms with E-state index in [9.17, 15) is 4.79 Å². The van der Waals surface area contributed by atoms with Crippen molar-refractivity contribution in [3.63, 3.8) is 0 Å². The number of nitrogens with zero attached hydrogens (tertiary/aromatic N) is 3. The molecule has 1 aliphatic heterocycles. The van der Waals surface area contributed by atoms with Gasteiger partial charge in [-0.2, -0.15) is 5.10 Å². The van der Waals surface area contributed by atoms with Gasteiger partial charge in [0.05, 0.1) is 18.7 Å². The van der Waals surface area contributed by atoms with E-state index in [0.717, 1.165) is 41.4 Å². The molecule has 1 N–H and O–H groups in total. The van der Waals surface area contributed by atoms with Crippen LogP contribution in [0.1, 0.15) is 25.0 Å². The second-order valence-corrected chi connectivity index (χ2v) is 7.34. The van der Waals surface area contributed by atoms with Crippen LogP contribution in [-0.2, 0) is 11.8 Å². The number of carbonyl (C=O) groups is 1. The van der Waals surface area contributed by atoms with Crippen LogP contribution >= 0.6 is 0 Å². The first-order valence-corrected chi connectivity index (χ1v) is 9.19. The number of hydrogen-bond acceptors (Lipinski definition) is 3. The standard InChI is InChI=1S/C19H26N4O2/c1-13-17-7-6-16(10-18(17)21-22(13)2)20-19(24)23-8-9-25-12-15(11-23)14-4-3-5-14/h6-7,10,14-15H,3-5,8-9,11-12H2,1-2H3,(H,20,24)/t15-/m0/s1. The van der Waals surface area contributed by atoms with Crippen molar-refractivity contribution in [1.82, 2.24) is 14.7 Å². The lowest BCUT2D eigenvalue weighted by atomic mass is 9.76. The fourth-order valence-corrected chi connectivity index (χ4v) is 3.83. The van der Waals surface area contributed by atoms with Crippen LogP contribution in [0.2, 0.25) is 0 Å². The summed E-state index contributed by atoms with van der Waals surface area (Å²) >= 11 is 0. The highest BCUT2D eigenvalue weighted by atomic mass is 16.5. The molecule has 2 fully saturated rings. The fraction of sp³-hybridized carbons (Fsp3) is 0.579. The SMILES string of the molecule is Cc1c2ccc(NC(=O)N3CCOC[C@@H](C4CCC4)C3)cc2nn1C. The molecule has 134 valence electrons. The Labute approximate surface area is 148 Å². The van der Waals surface area contributed by atoms with Gasteiger partial charge in [-0.3, -0.25) is 4.68 Å². The van der Waals surface area contributed by atoms with Crippen molar-refractivity contribution in [2.75, 3.05) is 31.6 Å². The van der Waals surface area contributed by atoms with Crippen molar-refractivity contribution < 1.29 is 9.53 Å². The minimum atomic E-state index is -0.0400. The largest absolute Gasteiger partial charge is 0.379 e. The second-order valence-electron chi connectivity index (χ2n) is 7.34. The first-order valence-electron chi connectivity index (χ1n) is 9.19. The Hall–Kier alpha value is -2.08. The molecule has 1 saturated heterocycles. The van der Waals surface area contributed by atoms with Crippen LogP contribution in [0.5, 0.6) is 0 Å². The van der Waals surface area contributed by atoms with Crippen LogP contribution in [0.3, 0.4) is 0 Å². The van der Waals surface area contributed by atoms with Gasteiger partial charge in [0.1, 0.15) is 0 Å². The topological polar surface area (TPSA) is 59.4 Å². The molecular weight excluding hydrogens is 316 g/mol. The Morgan fingerprint density at radius 3 is 2.92 bits per heavy atom. The molecule has 1 aromatic carbocycles. The molecule has 2 aliphatic rings. The van der Waals surface area contributed by atoms with Crippen molar-refractivity contribution in [2.45, 2.75) is 26.2 Å². The lowest BCUT2D eigenvalue weighted by molar-refractivity contribution is 0.0776. The van der Waals surface area contributed by atoms with Gasteiger partial charge in [0.15, 0.2) is 0 Å². The normalized spacial score (nSPS) is 21.8. The van der Waals surface area contributed by atoms with Crippen LogP contribution in [0.25, 0.3) is 10.9 Å². The molecular formula is C19H26N4O2.